The first-order valence-corrected chi connectivity index (χ1v) is 6.14. The third-order valence-corrected chi connectivity index (χ3v) is 2.30. The van der Waals surface area contributed by atoms with Crippen molar-refractivity contribution in [1.82, 2.24) is 4.98 Å². The number of hydrogen-bond acceptors (Lipinski definition) is 5. The van der Waals surface area contributed by atoms with Gasteiger partial charge in [0, 0.05) is 26.0 Å². The Morgan fingerprint density at radius 2 is 2.28 bits per heavy atom. The molecule has 1 N–H and O–H groups in total. The zero-order valence-electron chi connectivity index (χ0n) is 10.9. The van der Waals surface area contributed by atoms with Crippen molar-refractivity contribution in [2.75, 3.05) is 32.2 Å². The van der Waals surface area contributed by atoms with E-state index in [0.29, 0.717) is 11.4 Å². The van der Waals surface area contributed by atoms with E-state index in [9.17, 15) is 4.79 Å². The van der Waals surface area contributed by atoms with Crippen molar-refractivity contribution in [2.45, 2.75) is 19.8 Å². The van der Waals surface area contributed by atoms with Gasteiger partial charge in [-0.05, 0) is 25.0 Å². The van der Waals surface area contributed by atoms with Gasteiger partial charge in [0.2, 0.25) is 0 Å². The lowest BCUT2D eigenvalue weighted by molar-refractivity contribution is 0.0600. The molecule has 1 rings (SSSR count). The Morgan fingerprint density at radius 3 is 3.00 bits per heavy atom. The van der Waals surface area contributed by atoms with Crippen LogP contribution in [0, 0.1) is 0 Å². The molecule has 0 aliphatic rings. The molecule has 0 amide bonds. The van der Waals surface area contributed by atoms with Crippen LogP contribution in [-0.4, -0.2) is 37.8 Å². The fourth-order valence-corrected chi connectivity index (χ4v) is 1.41. The largest absolute Gasteiger partial charge is 0.465 e. The lowest BCUT2D eigenvalue weighted by Crippen LogP contribution is -2.08. The number of anilines is 1. The van der Waals surface area contributed by atoms with E-state index in [0.717, 1.165) is 32.6 Å². The van der Waals surface area contributed by atoms with E-state index in [1.54, 1.807) is 18.3 Å². The molecule has 100 valence electrons. The van der Waals surface area contributed by atoms with Crippen LogP contribution in [0.25, 0.3) is 0 Å². The molecule has 0 bridgehead atoms. The monoisotopic (exact) mass is 252 g/mol. The molecular weight excluding hydrogens is 232 g/mol. The van der Waals surface area contributed by atoms with Crippen molar-refractivity contribution in [3.05, 3.63) is 23.9 Å². The maximum Gasteiger partial charge on any atom is 0.338 e. The van der Waals surface area contributed by atoms with E-state index in [1.165, 1.54) is 7.11 Å². The van der Waals surface area contributed by atoms with Gasteiger partial charge >= 0.3 is 5.97 Å². The van der Waals surface area contributed by atoms with Crippen LogP contribution >= 0.6 is 0 Å². The molecule has 0 saturated heterocycles. The van der Waals surface area contributed by atoms with Gasteiger partial charge in [-0.2, -0.15) is 0 Å². The molecule has 0 aliphatic carbocycles. The quantitative estimate of drug-likeness (QED) is 0.567. The van der Waals surface area contributed by atoms with Crippen LogP contribution in [0.3, 0.4) is 0 Å². The molecule has 0 fully saturated rings. The van der Waals surface area contributed by atoms with Gasteiger partial charge in [0.1, 0.15) is 5.82 Å². The second kappa shape index (κ2) is 8.47. The van der Waals surface area contributed by atoms with Crippen molar-refractivity contribution in [2.24, 2.45) is 0 Å². The van der Waals surface area contributed by atoms with E-state index in [-0.39, 0.29) is 5.97 Å². The molecule has 0 aromatic carbocycles. The summed E-state index contributed by atoms with van der Waals surface area (Å²) in [5, 5.41) is 3.14. The van der Waals surface area contributed by atoms with Gasteiger partial charge in [-0.3, -0.25) is 0 Å². The van der Waals surface area contributed by atoms with Crippen molar-refractivity contribution < 1.29 is 14.3 Å². The number of pyridine rings is 1. The molecular formula is C13H20N2O3. The molecule has 0 unspecified atom stereocenters. The minimum atomic E-state index is -0.355. The number of carbonyl (C=O) groups excluding carboxylic acids is 1. The van der Waals surface area contributed by atoms with E-state index in [2.05, 4.69) is 22.0 Å². The van der Waals surface area contributed by atoms with Crippen molar-refractivity contribution in [1.29, 1.82) is 0 Å². The Bertz CT molecular complexity index is 369. The van der Waals surface area contributed by atoms with Crippen LogP contribution in [0.1, 0.15) is 30.1 Å². The summed E-state index contributed by atoms with van der Waals surface area (Å²) in [5.74, 6) is 0.320. The van der Waals surface area contributed by atoms with Gasteiger partial charge in [0.05, 0.1) is 12.7 Å². The molecule has 18 heavy (non-hydrogen) atoms. The lowest BCUT2D eigenvalue weighted by atomic mass is 10.2. The average Bonchev–Trinajstić information content (AvgIpc) is 2.42. The number of hydrogen-bond donors (Lipinski definition) is 1. The molecule has 0 radical (unpaired) electrons. The normalized spacial score (nSPS) is 10.1. The van der Waals surface area contributed by atoms with E-state index in [4.69, 9.17) is 4.74 Å². The first-order chi connectivity index (χ1) is 8.77. The second-order valence-corrected chi connectivity index (χ2v) is 3.81. The highest BCUT2D eigenvalue weighted by Gasteiger charge is 2.05. The van der Waals surface area contributed by atoms with E-state index >= 15 is 0 Å². The number of aromatic nitrogens is 1. The smallest absolute Gasteiger partial charge is 0.338 e. The third-order valence-electron chi connectivity index (χ3n) is 2.30. The molecule has 0 aliphatic heterocycles. The highest BCUT2D eigenvalue weighted by atomic mass is 16.5. The maximum atomic E-state index is 11.3. The highest BCUT2D eigenvalue weighted by molar-refractivity contribution is 5.89. The fraction of sp³-hybridized carbons (Fsp3) is 0.538. The topological polar surface area (TPSA) is 60.5 Å². The Morgan fingerprint density at radius 1 is 1.44 bits per heavy atom. The Balaban J connectivity index is 2.32. The second-order valence-electron chi connectivity index (χ2n) is 3.81. The van der Waals surface area contributed by atoms with Gasteiger partial charge < -0.3 is 14.8 Å². The summed E-state index contributed by atoms with van der Waals surface area (Å²) in [6.07, 6.45) is 3.53. The predicted molar refractivity (Wildman–Crippen MR) is 69.8 cm³/mol. The molecule has 5 heteroatoms. The molecule has 1 aromatic heterocycles. The molecule has 5 nitrogen and oxygen atoms in total. The summed E-state index contributed by atoms with van der Waals surface area (Å²) in [6.45, 7) is 4.38. The summed E-state index contributed by atoms with van der Waals surface area (Å²) in [7, 11) is 1.36. The molecule has 0 atom stereocenters. The summed E-state index contributed by atoms with van der Waals surface area (Å²) >= 11 is 0. The number of methoxy groups -OCH3 is 1. The van der Waals surface area contributed by atoms with Crippen molar-refractivity contribution >= 4 is 11.8 Å². The number of nitrogens with one attached hydrogen (secondary N) is 1. The Labute approximate surface area is 108 Å². The zero-order chi connectivity index (χ0) is 13.2. The van der Waals surface area contributed by atoms with Crippen LogP contribution in [0.15, 0.2) is 18.3 Å². The van der Waals surface area contributed by atoms with E-state index < -0.39 is 0 Å². The predicted octanol–water partition coefficient (Wildman–Crippen LogP) is 2.10. The van der Waals surface area contributed by atoms with Gasteiger partial charge in [-0.15, -0.1) is 0 Å². The number of ether oxygens (including phenoxy) is 2. The van der Waals surface area contributed by atoms with Crippen LogP contribution < -0.4 is 5.32 Å². The first-order valence-electron chi connectivity index (χ1n) is 6.14. The molecule has 1 heterocycles. The van der Waals surface area contributed by atoms with Crippen LogP contribution in [0.2, 0.25) is 0 Å². The third kappa shape index (κ3) is 5.14. The van der Waals surface area contributed by atoms with Gasteiger partial charge in [-0.25, -0.2) is 9.78 Å². The number of carbonyl (C=O) groups is 1. The van der Waals surface area contributed by atoms with Crippen LogP contribution in [0.4, 0.5) is 5.82 Å². The summed E-state index contributed by atoms with van der Waals surface area (Å²) < 4.78 is 10.0. The first kappa shape index (κ1) is 14.4. The Hall–Kier alpha value is -1.62. The standard InChI is InChI=1S/C13H20N2O3/c1-3-8-18-9-4-6-14-12-10-11(5-7-15-12)13(16)17-2/h5,7,10H,3-4,6,8-9H2,1-2H3,(H,14,15). The average molecular weight is 252 g/mol. The summed E-state index contributed by atoms with van der Waals surface area (Å²) in [6, 6.07) is 3.31. The van der Waals surface area contributed by atoms with Crippen molar-refractivity contribution in [3.63, 3.8) is 0 Å². The fourth-order valence-electron chi connectivity index (χ4n) is 1.41. The number of nitrogens with zero attached hydrogens (tertiary/aromatic N) is 1. The van der Waals surface area contributed by atoms with Crippen LogP contribution in [0.5, 0.6) is 0 Å². The molecule has 1 aromatic rings. The van der Waals surface area contributed by atoms with Crippen molar-refractivity contribution in [3.8, 4) is 0 Å². The van der Waals surface area contributed by atoms with Crippen LogP contribution in [-0.2, 0) is 9.47 Å². The maximum absolute atomic E-state index is 11.3. The highest BCUT2D eigenvalue weighted by Crippen LogP contribution is 2.07. The summed E-state index contributed by atoms with van der Waals surface area (Å²) in [4.78, 5) is 15.4. The minimum Gasteiger partial charge on any atom is -0.465 e. The molecule has 0 saturated carbocycles. The lowest BCUT2D eigenvalue weighted by Gasteiger charge is -2.07. The number of esters is 1. The number of rotatable bonds is 8. The van der Waals surface area contributed by atoms with E-state index in [1.807, 2.05) is 0 Å². The van der Waals surface area contributed by atoms with Gasteiger partial charge in [0.15, 0.2) is 0 Å². The van der Waals surface area contributed by atoms with Gasteiger partial charge in [0.25, 0.3) is 0 Å². The summed E-state index contributed by atoms with van der Waals surface area (Å²) in [5.41, 5.74) is 0.497. The zero-order valence-corrected chi connectivity index (χ0v) is 10.9. The Kier molecular flexibility index (Phi) is 6.79. The minimum absolute atomic E-state index is 0.355. The SMILES string of the molecule is CCCOCCCNc1cc(C(=O)OC)ccn1. The van der Waals surface area contributed by atoms with Gasteiger partial charge in [-0.1, -0.05) is 6.92 Å². The molecule has 0 spiro atoms.